The monoisotopic (exact) mass is 400 g/mol. The molecule has 3 aromatic rings. The van der Waals surface area contributed by atoms with E-state index in [-0.39, 0.29) is 5.82 Å². The van der Waals surface area contributed by atoms with Crippen LogP contribution in [0.4, 0.5) is 4.39 Å². The van der Waals surface area contributed by atoms with Crippen LogP contribution in [0.25, 0.3) is 11.4 Å². The van der Waals surface area contributed by atoms with E-state index in [2.05, 4.69) is 22.2 Å². The van der Waals surface area contributed by atoms with Crippen LogP contribution in [0.15, 0.2) is 47.6 Å². The topological polar surface area (TPSA) is 64.4 Å². The Hall–Kier alpha value is -3.00. The minimum atomic E-state index is -0.318. The van der Waals surface area contributed by atoms with Gasteiger partial charge in [0.1, 0.15) is 5.82 Å². The van der Waals surface area contributed by atoms with Crippen molar-refractivity contribution in [3.8, 4) is 22.9 Å². The zero-order chi connectivity index (χ0) is 19.9. The van der Waals surface area contributed by atoms with E-state index in [4.69, 9.17) is 21.7 Å². The second-order valence-electron chi connectivity index (χ2n) is 5.90. The average molecular weight is 400 g/mol. The average Bonchev–Trinajstić information content (AvgIpc) is 3.07. The van der Waals surface area contributed by atoms with Gasteiger partial charge < -0.3 is 9.47 Å². The van der Waals surface area contributed by atoms with E-state index in [0.717, 1.165) is 12.0 Å². The third kappa shape index (κ3) is 4.64. The standard InChI is InChI=1S/C20H21FN4O2S/c1-3-11-27-17-10-5-14(12-18(17)26-4-2)13-22-25-19(23-24-20(25)28)15-6-8-16(21)9-7-15/h5-10,12-13H,3-4,11H2,1-2H3,(H,24,28)/b22-13-. The first kappa shape index (κ1) is 19.8. The third-order valence-corrected chi connectivity index (χ3v) is 4.07. The Kier molecular flexibility index (Phi) is 6.54. The fraction of sp³-hybridized carbons (Fsp3) is 0.250. The number of rotatable bonds is 8. The number of aromatic nitrogens is 3. The summed E-state index contributed by atoms with van der Waals surface area (Å²) in [7, 11) is 0. The Bertz CT molecular complexity index is 1010. The highest BCUT2D eigenvalue weighted by Gasteiger charge is 2.09. The van der Waals surface area contributed by atoms with Crippen molar-refractivity contribution in [2.24, 2.45) is 5.10 Å². The third-order valence-electron chi connectivity index (χ3n) is 3.80. The molecule has 0 spiro atoms. The minimum absolute atomic E-state index is 0.318. The van der Waals surface area contributed by atoms with Gasteiger partial charge in [0.15, 0.2) is 17.3 Å². The molecule has 1 N–H and O–H groups in total. The summed E-state index contributed by atoms with van der Waals surface area (Å²) in [5, 5.41) is 11.3. The molecule has 0 amide bonds. The van der Waals surface area contributed by atoms with Crippen LogP contribution in [0, 0.1) is 10.6 Å². The fourth-order valence-electron chi connectivity index (χ4n) is 2.51. The van der Waals surface area contributed by atoms with Crippen LogP contribution in [-0.2, 0) is 0 Å². The molecule has 0 aliphatic rings. The Morgan fingerprint density at radius 2 is 1.93 bits per heavy atom. The van der Waals surface area contributed by atoms with Crippen LogP contribution < -0.4 is 9.47 Å². The van der Waals surface area contributed by atoms with Gasteiger partial charge in [-0.25, -0.2) is 9.49 Å². The smallest absolute Gasteiger partial charge is 0.216 e. The molecule has 1 aromatic heterocycles. The van der Waals surface area contributed by atoms with Gasteiger partial charge in [0.25, 0.3) is 0 Å². The van der Waals surface area contributed by atoms with E-state index in [1.165, 1.54) is 16.8 Å². The van der Waals surface area contributed by atoms with Crippen LogP contribution in [0.1, 0.15) is 25.8 Å². The van der Waals surface area contributed by atoms with Gasteiger partial charge in [-0.3, -0.25) is 0 Å². The molecule has 146 valence electrons. The molecule has 0 fully saturated rings. The van der Waals surface area contributed by atoms with Crippen molar-refractivity contribution in [3.05, 3.63) is 58.6 Å². The quantitative estimate of drug-likeness (QED) is 0.435. The number of nitrogens with one attached hydrogen (secondary N) is 1. The van der Waals surface area contributed by atoms with Crippen molar-refractivity contribution in [1.82, 2.24) is 14.9 Å². The molecule has 0 saturated carbocycles. The summed E-state index contributed by atoms with van der Waals surface area (Å²) in [6.07, 6.45) is 2.57. The summed E-state index contributed by atoms with van der Waals surface area (Å²) in [4.78, 5) is 0. The lowest BCUT2D eigenvalue weighted by molar-refractivity contribution is 0.277. The molecule has 0 saturated heterocycles. The maximum atomic E-state index is 13.2. The zero-order valence-corrected chi connectivity index (χ0v) is 16.5. The lowest BCUT2D eigenvalue weighted by atomic mass is 10.2. The maximum Gasteiger partial charge on any atom is 0.216 e. The highest BCUT2D eigenvalue weighted by Crippen LogP contribution is 2.28. The number of benzene rings is 2. The highest BCUT2D eigenvalue weighted by atomic mass is 32.1. The van der Waals surface area contributed by atoms with Crippen molar-refractivity contribution in [3.63, 3.8) is 0 Å². The Balaban J connectivity index is 1.90. The predicted octanol–water partition coefficient (Wildman–Crippen LogP) is 4.82. The van der Waals surface area contributed by atoms with E-state index < -0.39 is 0 Å². The van der Waals surface area contributed by atoms with Crippen molar-refractivity contribution < 1.29 is 13.9 Å². The number of nitrogens with zero attached hydrogens (tertiary/aromatic N) is 3. The molecule has 2 aromatic carbocycles. The number of hydrogen-bond acceptors (Lipinski definition) is 5. The van der Waals surface area contributed by atoms with E-state index in [1.54, 1.807) is 18.3 Å². The first-order valence-electron chi connectivity index (χ1n) is 8.99. The molecule has 8 heteroatoms. The van der Waals surface area contributed by atoms with Crippen LogP contribution in [0.5, 0.6) is 11.5 Å². The second-order valence-corrected chi connectivity index (χ2v) is 6.29. The number of halogens is 1. The van der Waals surface area contributed by atoms with Gasteiger partial charge in [0, 0.05) is 5.56 Å². The molecule has 0 atom stereocenters. The van der Waals surface area contributed by atoms with E-state index in [9.17, 15) is 4.39 Å². The molecule has 28 heavy (non-hydrogen) atoms. The van der Waals surface area contributed by atoms with Crippen molar-refractivity contribution in [2.45, 2.75) is 20.3 Å². The summed E-state index contributed by atoms with van der Waals surface area (Å²) in [5.74, 6) is 1.54. The molecular weight excluding hydrogens is 379 g/mol. The van der Waals surface area contributed by atoms with E-state index in [1.807, 2.05) is 25.1 Å². The van der Waals surface area contributed by atoms with Crippen LogP contribution in [0.3, 0.4) is 0 Å². The van der Waals surface area contributed by atoms with E-state index >= 15 is 0 Å². The fourth-order valence-corrected chi connectivity index (χ4v) is 2.69. The van der Waals surface area contributed by atoms with Crippen LogP contribution in [-0.4, -0.2) is 34.3 Å². The maximum absolute atomic E-state index is 13.2. The highest BCUT2D eigenvalue weighted by molar-refractivity contribution is 7.71. The lowest BCUT2D eigenvalue weighted by Gasteiger charge is -2.11. The Morgan fingerprint density at radius 1 is 1.14 bits per heavy atom. The summed E-state index contributed by atoms with van der Waals surface area (Å²) in [6.45, 7) is 5.13. The van der Waals surface area contributed by atoms with Crippen LogP contribution >= 0.6 is 12.2 Å². The Morgan fingerprint density at radius 3 is 2.64 bits per heavy atom. The summed E-state index contributed by atoms with van der Waals surface area (Å²) < 4.78 is 26.4. The van der Waals surface area contributed by atoms with Gasteiger partial charge in [-0.1, -0.05) is 6.92 Å². The molecule has 1 heterocycles. The van der Waals surface area contributed by atoms with Gasteiger partial charge in [-0.15, -0.1) is 0 Å². The lowest BCUT2D eigenvalue weighted by Crippen LogP contribution is -2.01. The molecule has 0 aliphatic heterocycles. The number of ether oxygens (including phenoxy) is 2. The van der Waals surface area contributed by atoms with E-state index in [0.29, 0.717) is 40.9 Å². The molecule has 0 aliphatic carbocycles. The van der Waals surface area contributed by atoms with Crippen LogP contribution in [0.2, 0.25) is 0 Å². The SMILES string of the molecule is CCCOc1ccc(/C=N\n2c(-c3ccc(F)cc3)n[nH]c2=S)cc1OCC. The van der Waals surface area contributed by atoms with Gasteiger partial charge in [0.2, 0.25) is 4.77 Å². The van der Waals surface area contributed by atoms with Gasteiger partial charge >= 0.3 is 0 Å². The normalized spacial score (nSPS) is 11.1. The van der Waals surface area contributed by atoms with Gasteiger partial charge in [-0.05, 0) is 73.6 Å². The van der Waals surface area contributed by atoms with Gasteiger partial charge in [0.05, 0.1) is 19.4 Å². The van der Waals surface area contributed by atoms with Gasteiger partial charge in [-0.2, -0.15) is 14.9 Å². The Labute approximate surface area is 167 Å². The number of hydrogen-bond donors (Lipinski definition) is 1. The molecule has 6 nitrogen and oxygen atoms in total. The first-order valence-corrected chi connectivity index (χ1v) is 9.40. The minimum Gasteiger partial charge on any atom is -0.490 e. The largest absolute Gasteiger partial charge is 0.490 e. The molecule has 0 radical (unpaired) electrons. The number of H-pyrrole nitrogens is 1. The molecule has 3 rings (SSSR count). The summed E-state index contributed by atoms with van der Waals surface area (Å²) in [6, 6.07) is 11.6. The number of aromatic amines is 1. The summed E-state index contributed by atoms with van der Waals surface area (Å²) >= 11 is 5.26. The molecular formula is C20H21FN4O2S. The summed E-state index contributed by atoms with van der Waals surface area (Å²) in [5.41, 5.74) is 1.52. The molecule has 0 unspecified atom stereocenters. The first-order chi connectivity index (χ1) is 13.6. The van der Waals surface area contributed by atoms with Crippen molar-refractivity contribution in [1.29, 1.82) is 0 Å². The molecule has 0 bridgehead atoms. The van der Waals surface area contributed by atoms with Crippen molar-refractivity contribution >= 4 is 18.4 Å². The van der Waals surface area contributed by atoms with Crippen molar-refractivity contribution in [2.75, 3.05) is 13.2 Å². The predicted molar refractivity (Wildman–Crippen MR) is 109 cm³/mol. The second kappa shape index (κ2) is 9.27. The zero-order valence-electron chi connectivity index (χ0n) is 15.7.